The zero-order chi connectivity index (χ0) is 17.7. The molecule has 1 aromatic rings. The molecular weight excluding hydrogens is 310 g/mol. The summed E-state index contributed by atoms with van der Waals surface area (Å²) < 4.78 is 4.95. The zero-order valence-corrected chi connectivity index (χ0v) is 14.9. The summed E-state index contributed by atoms with van der Waals surface area (Å²) in [5, 5.41) is 9.49. The van der Waals surface area contributed by atoms with Gasteiger partial charge < -0.3 is 20.1 Å². The van der Waals surface area contributed by atoms with E-state index < -0.39 is 0 Å². The van der Waals surface area contributed by atoms with Crippen LogP contribution >= 0.6 is 0 Å². The maximum atomic E-state index is 12.3. The molecule has 0 radical (unpaired) electrons. The second kappa shape index (κ2) is 7.65. The Bertz CT molecular complexity index is 571. The summed E-state index contributed by atoms with van der Waals surface area (Å²) in [6.07, 6.45) is 0. The molecule has 1 aromatic heterocycles. The van der Waals surface area contributed by atoms with Gasteiger partial charge in [-0.05, 0) is 27.7 Å². The first-order chi connectivity index (χ1) is 11.2. The van der Waals surface area contributed by atoms with Crippen LogP contribution in [0.5, 0.6) is 0 Å². The van der Waals surface area contributed by atoms with Crippen LogP contribution < -0.4 is 10.6 Å². The Morgan fingerprint density at radius 2 is 1.92 bits per heavy atom. The van der Waals surface area contributed by atoms with E-state index >= 15 is 0 Å². The number of carbonyl (C=O) groups is 2. The summed E-state index contributed by atoms with van der Waals surface area (Å²) in [6.45, 7) is 11.8. The second-order valence-electron chi connectivity index (χ2n) is 7.09. The zero-order valence-electron chi connectivity index (χ0n) is 14.9. The van der Waals surface area contributed by atoms with Gasteiger partial charge in [0.2, 0.25) is 0 Å². The Balaban J connectivity index is 1.68. The maximum Gasteiger partial charge on any atom is 0.315 e. The quantitative estimate of drug-likeness (QED) is 0.849. The molecule has 3 amide bonds. The normalized spacial score (nSPS) is 16.1. The molecule has 0 unspecified atom stereocenters. The Morgan fingerprint density at radius 3 is 2.46 bits per heavy atom. The summed E-state index contributed by atoms with van der Waals surface area (Å²) in [5.74, 6) is 0.547. The van der Waals surface area contributed by atoms with E-state index in [1.54, 1.807) is 17.9 Å². The largest absolute Gasteiger partial charge is 0.361 e. The highest BCUT2D eigenvalue weighted by atomic mass is 16.5. The molecule has 2 N–H and O–H groups in total. The molecule has 0 saturated carbocycles. The number of nitrogens with zero attached hydrogens (tertiary/aromatic N) is 3. The molecule has 0 atom stereocenters. The van der Waals surface area contributed by atoms with Crippen LogP contribution in [0, 0.1) is 6.92 Å². The summed E-state index contributed by atoms with van der Waals surface area (Å²) >= 11 is 0. The number of hydrogen-bond donors (Lipinski definition) is 2. The molecule has 1 aliphatic rings. The molecule has 8 nitrogen and oxygen atoms in total. The van der Waals surface area contributed by atoms with Gasteiger partial charge in [-0.15, -0.1) is 0 Å². The lowest BCUT2D eigenvalue weighted by molar-refractivity contribution is 0.0629. The maximum absolute atomic E-state index is 12.3. The van der Waals surface area contributed by atoms with Crippen molar-refractivity contribution in [2.75, 3.05) is 39.3 Å². The lowest BCUT2D eigenvalue weighted by Gasteiger charge is -2.34. The van der Waals surface area contributed by atoms with Gasteiger partial charge in [0.15, 0.2) is 5.69 Å². The average Bonchev–Trinajstić information content (AvgIpc) is 2.92. The highest BCUT2D eigenvalue weighted by molar-refractivity contribution is 5.92. The highest BCUT2D eigenvalue weighted by Gasteiger charge is 2.24. The number of aryl methyl sites for hydroxylation is 1. The smallest absolute Gasteiger partial charge is 0.315 e. The van der Waals surface area contributed by atoms with Crippen LogP contribution in [-0.2, 0) is 0 Å². The molecule has 0 spiro atoms. The second-order valence-corrected chi connectivity index (χ2v) is 7.09. The molecule has 2 rings (SSSR count). The van der Waals surface area contributed by atoms with E-state index in [1.807, 2.05) is 20.8 Å². The lowest BCUT2D eigenvalue weighted by atomic mass is 10.1. The molecular formula is C16H27N5O3. The van der Waals surface area contributed by atoms with Crippen molar-refractivity contribution in [3.63, 3.8) is 0 Å². The number of hydrogen-bond acceptors (Lipinski definition) is 5. The Kier molecular flexibility index (Phi) is 5.82. The van der Waals surface area contributed by atoms with E-state index in [1.165, 1.54) is 0 Å². The van der Waals surface area contributed by atoms with Crippen molar-refractivity contribution in [3.8, 4) is 0 Å². The average molecular weight is 337 g/mol. The van der Waals surface area contributed by atoms with Gasteiger partial charge in [-0.3, -0.25) is 9.69 Å². The molecule has 134 valence electrons. The Morgan fingerprint density at radius 1 is 1.25 bits per heavy atom. The number of carbonyl (C=O) groups excluding carboxylic acids is 2. The van der Waals surface area contributed by atoms with Crippen LogP contribution in [-0.4, -0.2) is 71.7 Å². The van der Waals surface area contributed by atoms with Crippen LogP contribution in [0.3, 0.4) is 0 Å². The van der Waals surface area contributed by atoms with Crippen LogP contribution in [0.15, 0.2) is 10.6 Å². The van der Waals surface area contributed by atoms with E-state index in [9.17, 15) is 9.59 Å². The fourth-order valence-electron chi connectivity index (χ4n) is 2.52. The first-order valence-corrected chi connectivity index (χ1v) is 8.25. The van der Waals surface area contributed by atoms with E-state index in [0.717, 1.165) is 19.6 Å². The molecule has 1 aliphatic heterocycles. The Labute approximate surface area is 142 Å². The van der Waals surface area contributed by atoms with Crippen LogP contribution in [0.2, 0.25) is 0 Å². The third kappa shape index (κ3) is 5.52. The van der Waals surface area contributed by atoms with Gasteiger partial charge in [-0.1, -0.05) is 5.16 Å². The molecule has 8 heteroatoms. The molecule has 0 aliphatic carbocycles. The van der Waals surface area contributed by atoms with Gasteiger partial charge in [0, 0.05) is 50.9 Å². The van der Waals surface area contributed by atoms with Crippen molar-refractivity contribution in [1.29, 1.82) is 0 Å². The first-order valence-electron chi connectivity index (χ1n) is 8.25. The SMILES string of the molecule is Cc1cc(C(=O)N2CCN(CCNC(=O)NC(C)(C)C)CC2)no1. The molecule has 0 aromatic carbocycles. The number of urea groups is 1. The van der Waals surface area contributed by atoms with E-state index in [4.69, 9.17) is 4.52 Å². The number of piperazine rings is 1. The fourth-order valence-corrected chi connectivity index (χ4v) is 2.52. The predicted molar refractivity (Wildman–Crippen MR) is 89.9 cm³/mol. The monoisotopic (exact) mass is 337 g/mol. The van der Waals surface area contributed by atoms with E-state index in [-0.39, 0.29) is 17.5 Å². The van der Waals surface area contributed by atoms with Gasteiger partial charge in [0.1, 0.15) is 5.76 Å². The first kappa shape index (κ1) is 18.3. The third-order valence-corrected chi connectivity index (χ3v) is 3.71. The number of nitrogens with one attached hydrogen (secondary N) is 2. The van der Waals surface area contributed by atoms with E-state index in [0.29, 0.717) is 31.1 Å². The minimum absolute atomic E-state index is 0.0887. The molecule has 2 heterocycles. The van der Waals surface area contributed by atoms with E-state index in [2.05, 4.69) is 20.7 Å². The summed E-state index contributed by atoms with van der Waals surface area (Å²) in [4.78, 5) is 28.0. The molecule has 1 fully saturated rings. The van der Waals surface area contributed by atoms with Gasteiger partial charge in [0.25, 0.3) is 5.91 Å². The number of aromatic nitrogens is 1. The highest BCUT2D eigenvalue weighted by Crippen LogP contribution is 2.09. The van der Waals surface area contributed by atoms with Crippen LogP contribution in [0.1, 0.15) is 37.0 Å². The minimum Gasteiger partial charge on any atom is -0.361 e. The molecule has 0 bridgehead atoms. The number of amides is 3. The lowest BCUT2D eigenvalue weighted by Crippen LogP contribution is -2.51. The number of rotatable bonds is 4. The fraction of sp³-hybridized carbons (Fsp3) is 0.688. The van der Waals surface area contributed by atoms with Crippen molar-refractivity contribution < 1.29 is 14.1 Å². The predicted octanol–water partition coefficient (Wildman–Crippen LogP) is 0.839. The van der Waals surface area contributed by atoms with Crippen molar-refractivity contribution in [1.82, 2.24) is 25.6 Å². The summed E-state index contributed by atoms with van der Waals surface area (Å²) in [7, 11) is 0. The van der Waals surface area contributed by atoms with Crippen LogP contribution in [0.4, 0.5) is 4.79 Å². The van der Waals surface area contributed by atoms with Crippen molar-refractivity contribution >= 4 is 11.9 Å². The van der Waals surface area contributed by atoms with Gasteiger partial charge in [-0.2, -0.15) is 0 Å². The third-order valence-electron chi connectivity index (χ3n) is 3.71. The topological polar surface area (TPSA) is 90.7 Å². The Hall–Kier alpha value is -2.09. The van der Waals surface area contributed by atoms with Crippen molar-refractivity contribution in [2.45, 2.75) is 33.2 Å². The summed E-state index contributed by atoms with van der Waals surface area (Å²) in [5.41, 5.74) is 0.122. The van der Waals surface area contributed by atoms with Crippen molar-refractivity contribution in [2.24, 2.45) is 0 Å². The van der Waals surface area contributed by atoms with Crippen molar-refractivity contribution in [3.05, 3.63) is 17.5 Å². The molecule has 1 saturated heterocycles. The summed E-state index contributed by atoms with van der Waals surface area (Å²) in [6, 6.07) is 1.50. The van der Waals surface area contributed by atoms with Gasteiger partial charge in [-0.25, -0.2) is 4.79 Å². The standard InChI is InChI=1S/C16H27N5O3/c1-12-11-13(19-24-12)14(22)21-9-7-20(8-10-21)6-5-17-15(23)18-16(2,3)4/h11H,5-10H2,1-4H3,(H2,17,18,23). The van der Waals surface area contributed by atoms with Gasteiger partial charge in [0.05, 0.1) is 0 Å². The molecule has 24 heavy (non-hydrogen) atoms. The van der Waals surface area contributed by atoms with Gasteiger partial charge >= 0.3 is 6.03 Å². The minimum atomic E-state index is -0.241. The van der Waals surface area contributed by atoms with Crippen LogP contribution in [0.25, 0.3) is 0 Å².